The summed E-state index contributed by atoms with van der Waals surface area (Å²) in [4.78, 5) is 29.6. The van der Waals surface area contributed by atoms with Gasteiger partial charge in [-0.2, -0.15) is 0 Å². The minimum atomic E-state index is -0.666. The molecule has 4 N–H and O–H groups in total. The van der Waals surface area contributed by atoms with Crippen LogP contribution in [0.15, 0.2) is 0 Å². The third kappa shape index (κ3) is 7.23. The van der Waals surface area contributed by atoms with Gasteiger partial charge >= 0.3 is 11.9 Å². The van der Waals surface area contributed by atoms with E-state index in [0.717, 1.165) is 0 Å². The Morgan fingerprint density at radius 3 is 2.31 bits per heavy atom. The SMILES string of the molecule is CC(N)CC(=O)OOC(=O)CCN. The number of hydrogen-bond acceptors (Lipinski definition) is 6. The van der Waals surface area contributed by atoms with E-state index in [9.17, 15) is 9.59 Å². The lowest BCUT2D eigenvalue weighted by Gasteiger charge is -2.03. The Kier molecular flexibility index (Phi) is 5.82. The fourth-order valence-corrected chi connectivity index (χ4v) is 0.549. The number of rotatable bonds is 4. The molecular weight excluding hydrogens is 176 g/mol. The minimum Gasteiger partial charge on any atom is -0.330 e. The van der Waals surface area contributed by atoms with E-state index in [4.69, 9.17) is 11.5 Å². The molecule has 0 spiro atoms. The lowest BCUT2D eigenvalue weighted by molar-refractivity contribution is -0.259. The quantitative estimate of drug-likeness (QED) is 0.438. The zero-order valence-electron chi connectivity index (χ0n) is 7.49. The van der Waals surface area contributed by atoms with Crippen LogP contribution in [0.4, 0.5) is 0 Å². The summed E-state index contributed by atoms with van der Waals surface area (Å²) in [5, 5.41) is 0. The van der Waals surface area contributed by atoms with Gasteiger partial charge in [-0.1, -0.05) is 0 Å². The van der Waals surface area contributed by atoms with Crippen molar-refractivity contribution in [2.75, 3.05) is 6.54 Å². The predicted octanol–water partition coefficient (Wildman–Crippen LogP) is -0.926. The Balaban J connectivity index is 3.52. The van der Waals surface area contributed by atoms with Crippen LogP contribution < -0.4 is 11.5 Å². The highest BCUT2D eigenvalue weighted by Crippen LogP contribution is 1.93. The molecule has 6 nitrogen and oxygen atoms in total. The van der Waals surface area contributed by atoms with Crippen LogP contribution in [0.2, 0.25) is 0 Å². The van der Waals surface area contributed by atoms with Crippen molar-refractivity contribution in [2.45, 2.75) is 25.8 Å². The van der Waals surface area contributed by atoms with Crippen molar-refractivity contribution >= 4 is 11.9 Å². The van der Waals surface area contributed by atoms with Gasteiger partial charge in [-0.3, -0.25) is 0 Å². The molecule has 0 radical (unpaired) electrons. The number of hydrogen-bond donors (Lipinski definition) is 2. The first-order valence-electron chi connectivity index (χ1n) is 3.92. The largest absolute Gasteiger partial charge is 0.357 e. The van der Waals surface area contributed by atoms with Crippen molar-refractivity contribution in [3.05, 3.63) is 0 Å². The molecule has 0 saturated carbocycles. The molecule has 0 rings (SSSR count). The summed E-state index contributed by atoms with van der Waals surface area (Å²) in [6.07, 6.45) is 0.0291. The van der Waals surface area contributed by atoms with Gasteiger partial charge in [0, 0.05) is 12.6 Å². The molecule has 0 aromatic heterocycles. The molecule has 0 aliphatic heterocycles. The summed E-state index contributed by atoms with van der Waals surface area (Å²) in [5.41, 5.74) is 10.4. The van der Waals surface area contributed by atoms with Crippen LogP contribution >= 0.6 is 0 Å². The van der Waals surface area contributed by atoms with Gasteiger partial charge in [0.25, 0.3) is 0 Å². The first-order valence-corrected chi connectivity index (χ1v) is 3.92. The van der Waals surface area contributed by atoms with E-state index in [-0.39, 0.29) is 25.4 Å². The van der Waals surface area contributed by atoms with Crippen molar-refractivity contribution in [1.82, 2.24) is 0 Å². The van der Waals surface area contributed by atoms with E-state index in [1.54, 1.807) is 6.92 Å². The second-order valence-electron chi connectivity index (χ2n) is 2.63. The maximum atomic E-state index is 10.8. The van der Waals surface area contributed by atoms with E-state index < -0.39 is 11.9 Å². The molecule has 0 heterocycles. The van der Waals surface area contributed by atoms with Gasteiger partial charge in [-0.25, -0.2) is 19.4 Å². The van der Waals surface area contributed by atoms with E-state index in [1.807, 2.05) is 0 Å². The molecule has 0 saturated heterocycles. The van der Waals surface area contributed by atoms with Crippen LogP contribution in [0.25, 0.3) is 0 Å². The fourth-order valence-electron chi connectivity index (χ4n) is 0.549. The minimum absolute atomic E-state index is 0.00983. The Morgan fingerprint density at radius 1 is 1.31 bits per heavy atom. The van der Waals surface area contributed by atoms with Crippen molar-refractivity contribution in [2.24, 2.45) is 11.5 Å². The molecule has 0 aliphatic carbocycles. The lowest BCUT2D eigenvalue weighted by Crippen LogP contribution is -2.22. The van der Waals surface area contributed by atoms with Gasteiger partial charge in [0.2, 0.25) is 0 Å². The highest BCUT2D eigenvalue weighted by molar-refractivity contribution is 5.73. The summed E-state index contributed by atoms with van der Waals surface area (Å²) < 4.78 is 0. The monoisotopic (exact) mass is 190 g/mol. The summed E-state index contributed by atoms with van der Waals surface area (Å²) in [7, 11) is 0. The number of carbonyl (C=O) groups excluding carboxylic acids is 2. The molecule has 1 unspecified atom stereocenters. The highest BCUT2D eigenvalue weighted by Gasteiger charge is 2.10. The molecule has 76 valence electrons. The van der Waals surface area contributed by atoms with Crippen LogP contribution in [0.5, 0.6) is 0 Å². The molecular formula is C7H14N2O4. The number of nitrogens with two attached hydrogens (primary N) is 2. The predicted molar refractivity (Wildman–Crippen MR) is 44.1 cm³/mol. The molecule has 6 heteroatoms. The topological polar surface area (TPSA) is 105 Å². The molecule has 0 amide bonds. The van der Waals surface area contributed by atoms with Gasteiger partial charge in [-0.15, -0.1) is 0 Å². The third-order valence-corrected chi connectivity index (χ3v) is 1.06. The summed E-state index contributed by atoms with van der Waals surface area (Å²) in [6.45, 7) is 1.80. The zero-order chi connectivity index (χ0) is 10.3. The second kappa shape index (κ2) is 6.38. The Hall–Kier alpha value is -1.14. The smallest absolute Gasteiger partial charge is 0.330 e. The number of carbonyl (C=O) groups is 2. The van der Waals surface area contributed by atoms with E-state index in [0.29, 0.717) is 0 Å². The standard InChI is InChI=1S/C7H14N2O4/c1-5(9)4-7(11)13-12-6(10)2-3-8/h5H,2-4,8-9H2,1H3. The van der Waals surface area contributed by atoms with Gasteiger partial charge < -0.3 is 11.5 Å². The molecule has 0 aromatic carbocycles. The van der Waals surface area contributed by atoms with Crippen molar-refractivity contribution in [3.63, 3.8) is 0 Å². The van der Waals surface area contributed by atoms with Crippen LogP contribution in [-0.2, 0) is 19.4 Å². The van der Waals surface area contributed by atoms with Crippen molar-refractivity contribution in [1.29, 1.82) is 0 Å². The van der Waals surface area contributed by atoms with E-state index in [1.165, 1.54) is 0 Å². The van der Waals surface area contributed by atoms with Crippen molar-refractivity contribution in [3.8, 4) is 0 Å². The molecule has 0 bridgehead atoms. The summed E-state index contributed by atoms with van der Waals surface area (Å²) in [6, 6.07) is -0.319. The van der Waals surface area contributed by atoms with Gasteiger partial charge in [0.05, 0.1) is 12.8 Å². The van der Waals surface area contributed by atoms with Crippen LogP contribution in [0.1, 0.15) is 19.8 Å². The first-order chi connectivity index (χ1) is 6.06. The maximum absolute atomic E-state index is 10.8. The van der Waals surface area contributed by atoms with Crippen molar-refractivity contribution < 1.29 is 19.4 Å². The van der Waals surface area contributed by atoms with E-state index >= 15 is 0 Å². The summed E-state index contributed by atoms with van der Waals surface area (Å²) >= 11 is 0. The Labute approximate surface area is 76.1 Å². The zero-order valence-corrected chi connectivity index (χ0v) is 7.49. The fraction of sp³-hybridized carbons (Fsp3) is 0.714. The second-order valence-corrected chi connectivity index (χ2v) is 2.63. The van der Waals surface area contributed by atoms with Crippen LogP contribution in [0, 0.1) is 0 Å². The van der Waals surface area contributed by atoms with Crippen LogP contribution in [-0.4, -0.2) is 24.5 Å². The third-order valence-electron chi connectivity index (χ3n) is 1.06. The average molecular weight is 190 g/mol. The molecule has 1 atom stereocenters. The molecule has 13 heavy (non-hydrogen) atoms. The first kappa shape index (κ1) is 11.9. The van der Waals surface area contributed by atoms with E-state index in [2.05, 4.69) is 9.78 Å². The molecule has 0 aromatic rings. The molecule has 0 aliphatic rings. The summed E-state index contributed by atoms with van der Waals surface area (Å²) in [5.74, 6) is -1.33. The highest BCUT2D eigenvalue weighted by atomic mass is 17.2. The lowest BCUT2D eigenvalue weighted by atomic mass is 10.3. The maximum Gasteiger partial charge on any atom is 0.357 e. The molecule has 0 fully saturated rings. The van der Waals surface area contributed by atoms with Crippen LogP contribution in [0.3, 0.4) is 0 Å². The van der Waals surface area contributed by atoms with Gasteiger partial charge in [0.15, 0.2) is 0 Å². The normalized spacial score (nSPS) is 11.9. The average Bonchev–Trinajstić information content (AvgIpc) is 2.00. The van der Waals surface area contributed by atoms with Gasteiger partial charge in [0.1, 0.15) is 0 Å². The Morgan fingerprint density at radius 2 is 1.85 bits per heavy atom. The Bertz CT molecular complexity index is 181. The van der Waals surface area contributed by atoms with Gasteiger partial charge in [-0.05, 0) is 6.92 Å².